The van der Waals surface area contributed by atoms with Gasteiger partial charge in [0, 0.05) is 13.2 Å². The molecule has 0 aromatic rings. The summed E-state index contributed by atoms with van der Waals surface area (Å²) in [5, 5.41) is 11.9. The van der Waals surface area contributed by atoms with Crippen LogP contribution in [-0.4, -0.2) is 60.3 Å². The van der Waals surface area contributed by atoms with E-state index in [1.165, 1.54) is 0 Å². The molecule has 0 aromatic heterocycles. The summed E-state index contributed by atoms with van der Waals surface area (Å²) in [5.41, 5.74) is -1.06. The number of ether oxygens (including phenoxy) is 1. The lowest BCUT2D eigenvalue weighted by molar-refractivity contribution is -0.150. The molecule has 0 fully saturated rings. The molecule has 0 aliphatic heterocycles. The zero-order valence-corrected chi connectivity index (χ0v) is 11.8. The summed E-state index contributed by atoms with van der Waals surface area (Å²) in [6.07, 6.45) is 0. The maximum atomic E-state index is 11.8. The number of nitrogens with one attached hydrogen (secondary N) is 1. The third-order valence-corrected chi connectivity index (χ3v) is 2.85. The Morgan fingerprint density at radius 1 is 1.44 bits per heavy atom. The molecule has 1 amide bonds. The van der Waals surface area contributed by atoms with Gasteiger partial charge < -0.3 is 15.2 Å². The third-order valence-electron chi connectivity index (χ3n) is 2.85. The number of carboxylic acids is 1. The maximum absolute atomic E-state index is 11.8. The van der Waals surface area contributed by atoms with Crippen LogP contribution in [0.5, 0.6) is 0 Å². The largest absolute Gasteiger partial charge is 0.480 e. The number of methoxy groups -OCH3 is 1. The molecule has 106 valence electrons. The molecule has 0 aromatic carbocycles. The average Bonchev–Trinajstić information content (AvgIpc) is 2.25. The van der Waals surface area contributed by atoms with Crippen molar-refractivity contribution < 1.29 is 19.4 Å². The first-order valence-corrected chi connectivity index (χ1v) is 6.02. The topological polar surface area (TPSA) is 78.9 Å². The average molecular weight is 260 g/mol. The van der Waals surface area contributed by atoms with Gasteiger partial charge in [0.15, 0.2) is 0 Å². The summed E-state index contributed by atoms with van der Waals surface area (Å²) >= 11 is 0. The van der Waals surface area contributed by atoms with Crippen LogP contribution < -0.4 is 5.32 Å². The lowest BCUT2D eigenvalue weighted by Gasteiger charge is -2.33. The van der Waals surface area contributed by atoms with Gasteiger partial charge in [-0.2, -0.15) is 0 Å². The van der Waals surface area contributed by atoms with E-state index in [0.29, 0.717) is 13.2 Å². The van der Waals surface area contributed by atoms with Crippen molar-refractivity contribution in [2.45, 2.75) is 39.3 Å². The van der Waals surface area contributed by atoms with Crippen molar-refractivity contribution in [2.75, 3.05) is 26.8 Å². The molecule has 0 spiro atoms. The molecule has 1 unspecified atom stereocenters. The SMILES string of the molecule is CCN(CC(=O)NC(C)COC)C(C)(C)C(=O)O. The molecular weight excluding hydrogens is 236 g/mol. The Kier molecular flexibility index (Phi) is 6.86. The number of carbonyl (C=O) groups is 2. The van der Waals surface area contributed by atoms with Crippen LogP contribution >= 0.6 is 0 Å². The molecule has 0 aliphatic rings. The zero-order valence-electron chi connectivity index (χ0n) is 11.8. The fourth-order valence-electron chi connectivity index (χ4n) is 1.63. The van der Waals surface area contributed by atoms with Gasteiger partial charge in [-0.3, -0.25) is 14.5 Å². The van der Waals surface area contributed by atoms with Crippen LogP contribution in [-0.2, 0) is 14.3 Å². The fourth-order valence-corrected chi connectivity index (χ4v) is 1.63. The number of amides is 1. The Morgan fingerprint density at radius 3 is 2.39 bits per heavy atom. The predicted octanol–water partition coefficient (Wildman–Crippen LogP) is 0.323. The molecule has 0 saturated carbocycles. The minimum absolute atomic E-state index is 0.0594. The third kappa shape index (κ3) is 5.01. The number of likely N-dealkylation sites (N-methyl/N-ethyl adjacent to an activating group) is 1. The number of nitrogens with zero attached hydrogens (tertiary/aromatic N) is 1. The second-order valence-corrected chi connectivity index (χ2v) is 4.80. The minimum Gasteiger partial charge on any atom is -0.480 e. The van der Waals surface area contributed by atoms with Gasteiger partial charge in [0.25, 0.3) is 0 Å². The van der Waals surface area contributed by atoms with Gasteiger partial charge in [-0.1, -0.05) is 6.92 Å². The van der Waals surface area contributed by atoms with E-state index < -0.39 is 11.5 Å². The number of rotatable bonds is 8. The quantitative estimate of drug-likeness (QED) is 0.657. The highest BCUT2D eigenvalue weighted by atomic mass is 16.5. The molecule has 0 bridgehead atoms. The molecule has 0 saturated heterocycles. The van der Waals surface area contributed by atoms with Crippen LogP contribution in [0.2, 0.25) is 0 Å². The van der Waals surface area contributed by atoms with Crippen molar-refractivity contribution in [2.24, 2.45) is 0 Å². The molecule has 2 N–H and O–H groups in total. The van der Waals surface area contributed by atoms with Crippen molar-refractivity contribution in [3.8, 4) is 0 Å². The van der Waals surface area contributed by atoms with Crippen LogP contribution in [0.4, 0.5) is 0 Å². The monoisotopic (exact) mass is 260 g/mol. The van der Waals surface area contributed by atoms with Crippen molar-refractivity contribution in [1.29, 1.82) is 0 Å². The zero-order chi connectivity index (χ0) is 14.3. The molecule has 0 aliphatic carbocycles. The molecule has 0 rings (SSSR count). The normalized spacial score (nSPS) is 13.4. The second-order valence-electron chi connectivity index (χ2n) is 4.80. The fraction of sp³-hybridized carbons (Fsp3) is 0.833. The number of carbonyl (C=O) groups excluding carboxylic acids is 1. The summed E-state index contributed by atoms with van der Waals surface area (Å²) in [6.45, 7) is 7.82. The molecule has 6 heteroatoms. The van der Waals surface area contributed by atoms with Gasteiger partial charge in [0.05, 0.1) is 13.2 Å². The molecule has 18 heavy (non-hydrogen) atoms. The van der Waals surface area contributed by atoms with E-state index in [2.05, 4.69) is 5.32 Å². The summed E-state index contributed by atoms with van der Waals surface area (Å²) in [5.74, 6) is -1.14. The minimum atomic E-state index is -1.06. The lowest BCUT2D eigenvalue weighted by Crippen LogP contribution is -2.54. The van der Waals surface area contributed by atoms with E-state index >= 15 is 0 Å². The van der Waals surface area contributed by atoms with Gasteiger partial charge in [-0.05, 0) is 27.3 Å². The number of hydrogen-bond acceptors (Lipinski definition) is 4. The van der Waals surface area contributed by atoms with Crippen LogP contribution in [0.3, 0.4) is 0 Å². The molecule has 0 radical (unpaired) electrons. The van der Waals surface area contributed by atoms with Gasteiger partial charge in [-0.15, -0.1) is 0 Å². The van der Waals surface area contributed by atoms with Crippen molar-refractivity contribution in [3.05, 3.63) is 0 Å². The van der Waals surface area contributed by atoms with E-state index in [1.807, 2.05) is 13.8 Å². The number of hydrogen-bond donors (Lipinski definition) is 2. The first-order chi connectivity index (χ1) is 8.25. The highest BCUT2D eigenvalue weighted by Gasteiger charge is 2.34. The van der Waals surface area contributed by atoms with Crippen LogP contribution in [0.1, 0.15) is 27.7 Å². The lowest BCUT2D eigenvalue weighted by atomic mass is 10.0. The smallest absolute Gasteiger partial charge is 0.323 e. The Labute approximate surface area is 108 Å². The molecule has 6 nitrogen and oxygen atoms in total. The van der Waals surface area contributed by atoms with Gasteiger partial charge in [-0.25, -0.2) is 0 Å². The first-order valence-electron chi connectivity index (χ1n) is 6.02. The number of carboxylic acid groups (broad SMARTS) is 1. The predicted molar refractivity (Wildman–Crippen MR) is 68.4 cm³/mol. The van der Waals surface area contributed by atoms with Gasteiger partial charge in [0.1, 0.15) is 5.54 Å². The molecule has 0 heterocycles. The van der Waals surface area contributed by atoms with E-state index in [4.69, 9.17) is 9.84 Å². The second kappa shape index (κ2) is 7.33. The Balaban J connectivity index is 4.46. The molecular formula is C12H24N2O4. The van der Waals surface area contributed by atoms with Crippen LogP contribution in [0.15, 0.2) is 0 Å². The first kappa shape index (κ1) is 16.9. The van der Waals surface area contributed by atoms with Crippen molar-refractivity contribution >= 4 is 11.9 Å². The molecule has 1 atom stereocenters. The Hall–Kier alpha value is -1.14. The van der Waals surface area contributed by atoms with Gasteiger partial charge in [0.2, 0.25) is 5.91 Å². The Morgan fingerprint density at radius 2 is 2.00 bits per heavy atom. The van der Waals surface area contributed by atoms with Crippen molar-refractivity contribution in [3.63, 3.8) is 0 Å². The Bertz CT molecular complexity index is 292. The van der Waals surface area contributed by atoms with Crippen LogP contribution in [0.25, 0.3) is 0 Å². The van der Waals surface area contributed by atoms with Gasteiger partial charge >= 0.3 is 5.97 Å². The van der Waals surface area contributed by atoms with E-state index in [0.717, 1.165) is 0 Å². The summed E-state index contributed by atoms with van der Waals surface area (Å²) in [6, 6.07) is -0.0888. The highest BCUT2D eigenvalue weighted by molar-refractivity contribution is 5.81. The summed E-state index contributed by atoms with van der Waals surface area (Å²) < 4.78 is 4.92. The summed E-state index contributed by atoms with van der Waals surface area (Å²) in [7, 11) is 1.56. The van der Waals surface area contributed by atoms with Crippen LogP contribution in [0, 0.1) is 0 Å². The number of aliphatic carboxylic acids is 1. The maximum Gasteiger partial charge on any atom is 0.323 e. The standard InChI is InChI=1S/C12H24N2O4/c1-6-14(12(3,4)11(16)17)7-10(15)13-9(2)8-18-5/h9H,6-8H2,1-5H3,(H,13,15)(H,16,17). The summed E-state index contributed by atoms with van der Waals surface area (Å²) in [4.78, 5) is 24.5. The van der Waals surface area contributed by atoms with Crippen molar-refractivity contribution in [1.82, 2.24) is 10.2 Å². The van der Waals surface area contributed by atoms with E-state index in [9.17, 15) is 9.59 Å². The highest BCUT2D eigenvalue weighted by Crippen LogP contribution is 2.13. The van der Waals surface area contributed by atoms with E-state index in [1.54, 1.807) is 25.9 Å². The van der Waals surface area contributed by atoms with E-state index in [-0.39, 0.29) is 18.5 Å².